The first-order valence-corrected chi connectivity index (χ1v) is 8.47. The molecule has 8 nitrogen and oxygen atoms in total. The minimum absolute atomic E-state index is 0.0850. The normalized spacial score (nSPS) is 14.9. The van der Waals surface area contributed by atoms with Crippen molar-refractivity contribution in [3.05, 3.63) is 47.9 Å². The Balaban J connectivity index is 1.51. The summed E-state index contributed by atoms with van der Waals surface area (Å²) in [6.07, 6.45) is 1.48. The highest BCUT2D eigenvalue weighted by Gasteiger charge is 2.26. The highest BCUT2D eigenvalue weighted by Crippen LogP contribution is 2.20. The minimum Gasteiger partial charge on any atom is -0.497 e. The third kappa shape index (κ3) is 3.05. The van der Waals surface area contributed by atoms with Crippen LogP contribution in [0.2, 0.25) is 0 Å². The molecule has 1 saturated heterocycles. The van der Waals surface area contributed by atoms with Gasteiger partial charge in [0, 0.05) is 31.4 Å². The van der Waals surface area contributed by atoms with Crippen LogP contribution < -0.4 is 9.64 Å². The van der Waals surface area contributed by atoms with Gasteiger partial charge in [0.05, 0.1) is 13.7 Å². The molecule has 0 N–H and O–H groups in total. The van der Waals surface area contributed by atoms with E-state index >= 15 is 0 Å². The van der Waals surface area contributed by atoms with Crippen molar-refractivity contribution in [3.63, 3.8) is 0 Å². The van der Waals surface area contributed by atoms with Gasteiger partial charge < -0.3 is 14.5 Å². The fraction of sp³-hybridized carbons (Fsp3) is 0.333. The third-order valence-corrected chi connectivity index (χ3v) is 4.51. The van der Waals surface area contributed by atoms with Crippen molar-refractivity contribution in [2.24, 2.45) is 0 Å². The molecule has 0 saturated carbocycles. The number of amides is 1. The highest BCUT2D eigenvalue weighted by molar-refractivity contribution is 5.82. The predicted octanol–water partition coefficient (Wildman–Crippen LogP) is 1.29. The number of aromatic nitrogens is 4. The van der Waals surface area contributed by atoms with Crippen LogP contribution in [0, 0.1) is 6.92 Å². The number of hydrogen-bond acceptors (Lipinski definition) is 6. The van der Waals surface area contributed by atoms with Crippen LogP contribution in [0.15, 0.2) is 36.7 Å². The Morgan fingerprint density at radius 1 is 1.23 bits per heavy atom. The number of hydrogen-bond donors (Lipinski definition) is 0. The maximum atomic E-state index is 12.7. The molecule has 0 aliphatic carbocycles. The zero-order chi connectivity index (χ0) is 18.1. The van der Waals surface area contributed by atoms with E-state index in [1.54, 1.807) is 11.6 Å². The maximum absolute atomic E-state index is 12.7. The zero-order valence-electron chi connectivity index (χ0n) is 14.8. The average Bonchev–Trinajstić information content (AvgIpc) is 3.11. The van der Waals surface area contributed by atoms with E-state index in [2.05, 4.69) is 15.1 Å². The van der Waals surface area contributed by atoms with Crippen LogP contribution in [-0.4, -0.2) is 57.1 Å². The second kappa shape index (κ2) is 6.62. The number of aryl methyl sites for hydroxylation is 1. The number of methoxy groups -OCH3 is 1. The van der Waals surface area contributed by atoms with E-state index < -0.39 is 0 Å². The van der Waals surface area contributed by atoms with Gasteiger partial charge in [-0.1, -0.05) is 12.1 Å². The van der Waals surface area contributed by atoms with Gasteiger partial charge in [0.15, 0.2) is 0 Å². The number of piperazine rings is 1. The van der Waals surface area contributed by atoms with Crippen LogP contribution in [0.5, 0.6) is 5.75 Å². The first-order chi connectivity index (χ1) is 12.6. The molecule has 2 aromatic heterocycles. The summed E-state index contributed by atoms with van der Waals surface area (Å²) in [5, 5.41) is 4.23. The second-order valence-electron chi connectivity index (χ2n) is 6.32. The molecule has 8 heteroatoms. The van der Waals surface area contributed by atoms with Gasteiger partial charge in [-0.25, -0.2) is 4.98 Å². The quantitative estimate of drug-likeness (QED) is 0.704. The number of nitrogens with zero attached hydrogens (tertiary/aromatic N) is 6. The molecule has 1 amide bonds. The van der Waals surface area contributed by atoms with Crippen LogP contribution in [-0.2, 0) is 11.3 Å². The van der Waals surface area contributed by atoms with Crippen LogP contribution in [0.4, 0.5) is 5.82 Å². The van der Waals surface area contributed by atoms with E-state index in [-0.39, 0.29) is 5.91 Å². The Hall–Kier alpha value is -3.16. The summed E-state index contributed by atoms with van der Waals surface area (Å²) in [7, 11) is 1.64. The van der Waals surface area contributed by atoms with Crippen molar-refractivity contribution in [3.8, 4) is 5.75 Å². The number of carbonyl (C=O) groups is 1. The Labute approximate surface area is 151 Å². The molecule has 26 heavy (non-hydrogen) atoms. The van der Waals surface area contributed by atoms with Crippen molar-refractivity contribution in [2.75, 3.05) is 31.6 Å². The molecule has 1 aliphatic rings. The fourth-order valence-electron chi connectivity index (χ4n) is 3.20. The average molecular weight is 352 g/mol. The van der Waals surface area contributed by atoms with Gasteiger partial charge in [-0.05, 0) is 24.6 Å². The molecular weight excluding hydrogens is 332 g/mol. The molecule has 0 spiro atoms. The lowest BCUT2D eigenvalue weighted by Gasteiger charge is -2.35. The summed E-state index contributed by atoms with van der Waals surface area (Å²) in [4.78, 5) is 25.1. The summed E-state index contributed by atoms with van der Waals surface area (Å²) in [5.74, 6) is 2.28. The molecule has 0 unspecified atom stereocenters. The molecule has 0 radical (unpaired) electrons. The van der Waals surface area contributed by atoms with Crippen LogP contribution >= 0.6 is 0 Å². The summed E-state index contributed by atoms with van der Waals surface area (Å²) < 4.78 is 6.94. The molecule has 1 fully saturated rings. The van der Waals surface area contributed by atoms with Gasteiger partial charge in [0.25, 0.3) is 5.78 Å². The van der Waals surface area contributed by atoms with Gasteiger partial charge >= 0.3 is 0 Å². The van der Waals surface area contributed by atoms with Crippen LogP contribution in [0.1, 0.15) is 11.3 Å². The Morgan fingerprint density at radius 2 is 2.12 bits per heavy atom. The molecule has 4 rings (SSSR count). The summed E-state index contributed by atoms with van der Waals surface area (Å²) in [6.45, 7) is 4.18. The van der Waals surface area contributed by atoms with Crippen molar-refractivity contribution in [2.45, 2.75) is 13.5 Å². The lowest BCUT2D eigenvalue weighted by atomic mass is 10.2. The van der Waals surface area contributed by atoms with E-state index in [1.165, 1.54) is 6.33 Å². The van der Waals surface area contributed by atoms with Gasteiger partial charge in [0.1, 0.15) is 17.9 Å². The number of rotatable bonds is 4. The first-order valence-electron chi connectivity index (χ1n) is 8.47. The van der Waals surface area contributed by atoms with E-state index in [1.807, 2.05) is 47.1 Å². The van der Waals surface area contributed by atoms with Crippen molar-refractivity contribution < 1.29 is 9.53 Å². The topological polar surface area (TPSA) is 75.9 Å². The fourth-order valence-corrected chi connectivity index (χ4v) is 3.20. The number of carbonyl (C=O) groups excluding carboxylic acids is 1. The van der Waals surface area contributed by atoms with Gasteiger partial charge in [-0.3, -0.25) is 4.79 Å². The summed E-state index contributed by atoms with van der Waals surface area (Å²) in [6, 6.07) is 9.75. The number of benzene rings is 1. The smallest absolute Gasteiger partial charge is 0.254 e. The zero-order valence-corrected chi connectivity index (χ0v) is 14.8. The first kappa shape index (κ1) is 16.3. The number of anilines is 1. The summed E-state index contributed by atoms with van der Waals surface area (Å²) >= 11 is 0. The minimum atomic E-state index is 0.0850. The van der Waals surface area contributed by atoms with E-state index in [0.717, 1.165) is 29.4 Å². The molecule has 0 atom stereocenters. The Bertz CT molecular complexity index is 954. The molecule has 3 heterocycles. The monoisotopic (exact) mass is 352 g/mol. The summed E-state index contributed by atoms with van der Waals surface area (Å²) in [5.41, 5.74) is 1.91. The number of fused-ring (bicyclic) bond motifs is 1. The lowest BCUT2D eigenvalue weighted by molar-refractivity contribution is -0.131. The SMILES string of the molecule is COc1cccc(CN2CCN(c3cc(C)nc4ncnn34)CC2=O)c1. The largest absolute Gasteiger partial charge is 0.497 e. The Kier molecular flexibility index (Phi) is 4.16. The predicted molar refractivity (Wildman–Crippen MR) is 96.1 cm³/mol. The molecule has 134 valence electrons. The standard InChI is InChI=1S/C18H20N6O2/c1-13-8-16(24-18(21-13)19-12-20-24)22-6-7-23(17(25)11-22)10-14-4-3-5-15(9-14)26-2/h3-5,8-9,12H,6-7,10-11H2,1-2H3. The van der Waals surface area contributed by atoms with Gasteiger partial charge in [0.2, 0.25) is 5.91 Å². The van der Waals surface area contributed by atoms with Crippen molar-refractivity contribution >= 4 is 17.5 Å². The van der Waals surface area contributed by atoms with Crippen molar-refractivity contribution in [1.82, 2.24) is 24.5 Å². The maximum Gasteiger partial charge on any atom is 0.254 e. The van der Waals surface area contributed by atoms with Gasteiger partial charge in [-0.2, -0.15) is 14.6 Å². The molecule has 0 bridgehead atoms. The van der Waals surface area contributed by atoms with E-state index in [9.17, 15) is 4.79 Å². The Morgan fingerprint density at radius 3 is 2.92 bits per heavy atom. The molecule has 1 aromatic carbocycles. The molecular formula is C18H20N6O2. The van der Waals surface area contributed by atoms with Gasteiger partial charge in [-0.15, -0.1) is 0 Å². The van der Waals surface area contributed by atoms with Crippen LogP contribution in [0.25, 0.3) is 5.78 Å². The van der Waals surface area contributed by atoms with Crippen molar-refractivity contribution in [1.29, 1.82) is 0 Å². The molecule has 3 aromatic rings. The second-order valence-corrected chi connectivity index (χ2v) is 6.32. The third-order valence-electron chi connectivity index (χ3n) is 4.51. The number of ether oxygens (including phenoxy) is 1. The molecule has 1 aliphatic heterocycles. The highest BCUT2D eigenvalue weighted by atomic mass is 16.5. The van der Waals surface area contributed by atoms with E-state index in [0.29, 0.717) is 25.4 Å². The van der Waals surface area contributed by atoms with E-state index in [4.69, 9.17) is 4.74 Å². The lowest BCUT2D eigenvalue weighted by Crippen LogP contribution is -2.50. The van der Waals surface area contributed by atoms with Crippen LogP contribution in [0.3, 0.4) is 0 Å².